The van der Waals surface area contributed by atoms with Gasteiger partial charge in [0.2, 0.25) is 0 Å². The van der Waals surface area contributed by atoms with Crippen LogP contribution in [0, 0.1) is 12.8 Å². The molecule has 0 aromatic heterocycles. The van der Waals surface area contributed by atoms with Gasteiger partial charge in [-0.3, -0.25) is 14.9 Å². The smallest absolute Gasteiger partial charge is 0.411 e. The Morgan fingerprint density at radius 3 is 2.18 bits per heavy atom. The predicted octanol–water partition coefficient (Wildman–Crippen LogP) is 4.51. The summed E-state index contributed by atoms with van der Waals surface area (Å²) in [6.07, 6.45) is -0.559. The maximum absolute atomic E-state index is 12.6. The summed E-state index contributed by atoms with van der Waals surface area (Å²) in [5.41, 5.74) is 6.36. The van der Waals surface area contributed by atoms with Gasteiger partial charge < -0.3 is 14.7 Å². The summed E-state index contributed by atoms with van der Waals surface area (Å²) in [7, 11) is 0. The van der Waals surface area contributed by atoms with Gasteiger partial charge in [-0.05, 0) is 52.9 Å². The summed E-state index contributed by atoms with van der Waals surface area (Å²) < 4.78 is 5.59. The number of hydrogen-bond donors (Lipinski definition) is 2. The molecule has 3 aromatic carbocycles. The summed E-state index contributed by atoms with van der Waals surface area (Å²) in [5.74, 6) is -1.62. The number of carbonyl (C=O) groups is 3. The van der Waals surface area contributed by atoms with Gasteiger partial charge in [0.1, 0.15) is 6.61 Å². The minimum Gasteiger partial charge on any atom is -0.481 e. The van der Waals surface area contributed by atoms with Crippen LogP contribution in [0.1, 0.15) is 33.0 Å². The number of fused-ring (bicyclic) bond motifs is 3. The lowest BCUT2D eigenvalue weighted by atomic mass is 9.98. The zero-order chi connectivity index (χ0) is 23.8. The summed E-state index contributed by atoms with van der Waals surface area (Å²) in [6, 6.07) is 21.3. The molecule has 0 unspecified atom stereocenters. The van der Waals surface area contributed by atoms with Crippen LogP contribution in [0.4, 0.5) is 10.5 Å². The maximum atomic E-state index is 12.6. The first-order valence-corrected chi connectivity index (χ1v) is 11.2. The van der Waals surface area contributed by atoms with E-state index in [9.17, 15) is 14.4 Å². The van der Waals surface area contributed by atoms with E-state index < -0.39 is 18.0 Å². The number of aliphatic carboxylic acids is 1. The highest BCUT2D eigenvalue weighted by Crippen LogP contribution is 2.44. The summed E-state index contributed by atoms with van der Waals surface area (Å²) in [6.45, 7) is 2.45. The van der Waals surface area contributed by atoms with Crippen molar-refractivity contribution < 1.29 is 24.2 Å². The minimum atomic E-state index is -0.886. The predicted molar refractivity (Wildman–Crippen MR) is 127 cm³/mol. The van der Waals surface area contributed by atoms with Crippen molar-refractivity contribution in [3.8, 4) is 11.1 Å². The number of ether oxygens (including phenoxy) is 1. The lowest BCUT2D eigenvalue weighted by molar-refractivity contribution is -0.146. The van der Waals surface area contributed by atoms with Crippen LogP contribution in [0.25, 0.3) is 11.1 Å². The molecule has 172 valence electrons. The van der Waals surface area contributed by atoms with Crippen molar-refractivity contribution >= 4 is 23.7 Å². The number of anilines is 1. The van der Waals surface area contributed by atoms with Crippen LogP contribution in [-0.2, 0) is 9.53 Å². The zero-order valence-corrected chi connectivity index (χ0v) is 18.7. The molecule has 0 radical (unpaired) electrons. The molecule has 2 N–H and O–H groups in total. The Morgan fingerprint density at radius 2 is 1.59 bits per heavy atom. The van der Waals surface area contributed by atoms with Gasteiger partial charge >= 0.3 is 12.1 Å². The van der Waals surface area contributed by atoms with Crippen LogP contribution >= 0.6 is 0 Å². The molecule has 34 heavy (non-hydrogen) atoms. The molecule has 0 spiro atoms. The quantitative estimate of drug-likeness (QED) is 0.589. The fraction of sp³-hybridized carbons (Fsp3) is 0.222. The van der Waals surface area contributed by atoms with Crippen LogP contribution in [0.3, 0.4) is 0 Å². The van der Waals surface area contributed by atoms with Crippen molar-refractivity contribution in [1.29, 1.82) is 0 Å². The highest BCUT2D eigenvalue weighted by atomic mass is 16.5. The Bertz CT molecular complexity index is 1250. The second-order valence-electron chi connectivity index (χ2n) is 8.73. The van der Waals surface area contributed by atoms with Crippen LogP contribution in [0.2, 0.25) is 0 Å². The standard InChI is InChI=1S/C27H24N2O5/c1-16-12-17(25(30)29-13-18(14-29)26(31)32)10-11-24(16)28-27(33)34-15-23-21-8-4-2-6-19(21)20-7-3-5-9-22(20)23/h2-12,18,23H,13-15H2,1H3,(H,28,33)(H,31,32). The van der Waals surface area contributed by atoms with Gasteiger partial charge in [0, 0.05) is 30.3 Å². The summed E-state index contributed by atoms with van der Waals surface area (Å²) in [4.78, 5) is 37.6. The molecule has 1 fully saturated rings. The zero-order valence-electron chi connectivity index (χ0n) is 18.7. The first-order chi connectivity index (χ1) is 16.4. The van der Waals surface area contributed by atoms with Gasteiger partial charge in [-0.1, -0.05) is 48.5 Å². The molecule has 0 atom stereocenters. The Morgan fingerprint density at radius 1 is 0.971 bits per heavy atom. The first-order valence-electron chi connectivity index (χ1n) is 11.2. The number of amides is 2. The molecule has 3 aromatic rings. The second kappa shape index (κ2) is 8.67. The van der Waals surface area contributed by atoms with E-state index >= 15 is 0 Å². The van der Waals surface area contributed by atoms with E-state index in [1.807, 2.05) is 24.3 Å². The number of carboxylic acid groups (broad SMARTS) is 1. The Kier molecular flexibility index (Phi) is 5.53. The van der Waals surface area contributed by atoms with E-state index in [0.717, 1.165) is 16.7 Å². The third-order valence-corrected chi connectivity index (χ3v) is 6.57. The molecule has 2 amide bonds. The van der Waals surface area contributed by atoms with E-state index in [4.69, 9.17) is 9.84 Å². The Hall–Kier alpha value is -4.13. The van der Waals surface area contributed by atoms with Crippen molar-refractivity contribution in [3.63, 3.8) is 0 Å². The van der Waals surface area contributed by atoms with Crippen molar-refractivity contribution in [2.45, 2.75) is 12.8 Å². The first kappa shape index (κ1) is 21.7. The number of likely N-dealkylation sites (tertiary alicyclic amines) is 1. The van der Waals surface area contributed by atoms with E-state index in [1.54, 1.807) is 25.1 Å². The maximum Gasteiger partial charge on any atom is 0.411 e. The van der Waals surface area contributed by atoms with E-state index in [-0.39, 0.29) is 31.5 Å². The number of hydrogen-bond acceptors (Lipinski definition) is 4. The molecule has 5 rings (SSSR count). The number of nitrogens with zero attached hydrogens (tertiary/aromatic N) is 1. The number of aryl methyl sites for hydroxylation is 1. The lowest BCUT2D eigenvalue weighted by Gasteiger charge is -2.36. The van der Waals surface area contributed by atoms with Gasteiger partial charge in [0.25, 0.3) is 5.91 Å². The summed E-state index contributed by atoms with van der Waals surface area (Å²) in [5, 5.41) is 11.8. The topological polar surface area (TPSA) is 95.9 Å². The van der Waals surface area contributed by atoms with Crippen LogP contribution in [0.15, 0.2) is 66.7 Å². The van der Waals surface area contributed by atoms with Crippen molar-refractivity contribution in [1.82, 2.24) is 4.90 Å². The van der Waals surface area contributed by atoms with Crippen molar-refractivity contribution in [3.05, 3.63) is 89.0 Å². The molecular weight excluding hydrogens is 432 g/mol. The Labute approximate surface area is 197 Å². The van der Waals surface area contributed by atoms with E-state index in [2.05, 4.69) is 29.6 Å². The number of benzene rings is 3. The molecular formula is C27H24N2O5. The summed E-state index contributed by atoms with van der Waals surface area (Å²) >= 11 is 0. The largest absolute Gasteiger partial charge is 0.481 e. The van der Waals surface area contributed by atoms with Gasteiger partial charge in [-0.2, -0.15) is 0 Å². The van der Waals surface area contributed by atoms with Crippen LogP contribution < -0.4 is 5.32 Å². The highest BCUT2D eigenvalue weighted by Gasteiger charge is 2.36. The molecule has 0 saturated carbocycles. The monoisotopic (exact) mass is 456 g/mol. The van der Waals surface area contributed by atoms with Crippen LogP contribution in [0.5, 0.6) is 0 Å². The number of rotatable bonds is 5. The van der Waals surface area contributed by atoms with Gasteiger partial charge in [0.05, 0.1) is 5.92 Å². The minimum absolute atomic E-state index is 0.0228. The molecule has 1 saturated heterocycles. The molecule has 7 nitrogen and oxygen atoms in total. The highest BCUT2D eigenvalue weighted by molar-refractivity contribution is 5.97. The molecule has 1 aliphatic carbocycles. The third-order valence-electron chi connectivity index (χ3n) is 6.57. The van der Waals surface area contributed by atoms with Gasteiger partial charge in [0.15, 0.2) is 0 Å². The van der Waals surface area contributed by atoms with E-state index in [1.165, 1.54) is 16.0 Å². The van der Waals surface area contributed by atoms with Gasteiger partial charge in [-0.15, -0.1) is 0 Å². The van der Waals surface area contributed by atoms with Crippen LogP contribution in [-0.4, -0.2) is 47.7 Å². The van der Waals surface area contributed by atoms with Crippen molar-refractivity contribution in [2.24, 2.45) is 5.92 Å². The second-order valence-corrected chi connectivity index (χ2v) is 8.73. The number of carbonyl (C=O) groups excluding carboxylic acids is 2. The third kappa shape index (κ3) is 3.90. The van der Waals surface area contributed by atoms with E-state index in [0.29, 0.717) is 11.3 Å². The average molecular weight is 456 g/mol. The van der Waals surface area contributed by atoms with Gasteiger partial charge in [-0.25, -0.2) is 4.79 Å². The molecule has 1 aliphatic heterocycles. The number of nitrogens with one attached hydrogen (secondary N) is 1. The fourth-order valence-electron chi connectivity index (χ4n) is 4.66. The fourth-order valence-corrected chi connectivity index (χ4v) is 4.66. The molecule has 0 bridgehead atoms. The van der Waals surface area contributed by atoms with Crippen molar-refractivity contribution in [2.75, 3.05) is 25.0 Å². The lowest BCUT2D eigenvalue weighted by Crippen LogP contribution is -2.53. The SMILES string of the molecule is Cc1cc(C(=O)N2CC(C(=O)O)C2)ccc1NC(=O)OCC1c2ccccc2-c2ccccc21. The average Bonchev–Trinajstić information content (AvgIpc) is 3.11. The molecule has 2 aliphatic rings. The molecule has 1 heterocycles. The normalized spacial score (nSPS) is 14.7. The molecule has 7 heteroatoms. The number of carboxylic acids is 1. The Balaban J connectivity index is 1.22.